The molecule has 11 heteroatoms. The summed E-state index contributed by atoms with van der Waals surface area (Å²) in [6, 6.07) is 13.5. The first kappa shape index (κ1) is 24.1. The van der Waals surface area contributed by atoms with Gasteiger partial charge in [-0.2, -0.15) is 5.10 Å². The molecular formula is C27H27F2N9. The van der Waals surface area contributed by atoms with Gasteiger partial charge in [0.05, 0.1) is 23.4 Å². The number of aryl methyl sites for hydroxylation is 1. The van der Waals surface area contributed by atoms with E-state index in [1.165, 1.54) is 12.1 Å². The van der Waals surface area contributed by atoms with E-state index in [1.807, 2.05) is 42.1 Å². The zero-order chi connectivity index (χ0) is 26.4. The first-order valence-corrected chi connectivity index (χ1v) is 12.5. The van der Waals surface area contributed by atoms with Crippen molar-refractivity contribution in [3.8, 4) is 11.3 Å². The fourth-order valence-corrected chi connectivity index (χ4v) is 5.14. The van der Waals surface area contributed by atoms with Crippen LogP contribution >= 0.6 is 0 Å². The molecule has 0 saturated carbocycles. The van der Waals surface area contributed by atoms with Crippen LogP contribution in [0.4, 0.5) is 20.5 Å². The fraction of sp³-hybridized carbons (Fsp3) is 0.296. The van der Waals surface area contributed by atoms with Gasteiger partial charge in [0.2, 0.25) is 5.95 Å². The van der Waals surface area contributed by atoms with Crippen LogP contribution < -0.4 is 5.32 Å². The van der Waals surface area contributed by atoms with Crippen molar-refractivity contribution < 1.29 is 8.78 Å². The van der Waals surface area contributed by atoms with Gasteiger partial charge in [0.15, 0.2) is 0 Å². The Bertz CT molecular complexity index is 1590. The number of halogens is 2. The standard InChI is InChI=1S/C27H27F2N9/c1-16(2)37-14-21(18-10-19(28)13-20(29)11-18)25(15-37)38-24-5-4-17(12-23(24)34-35-38)22-6-8-30-27(32-22)33-26-7-9-31-36(26)3/h4-13,16,21,25H,14-15H2,1-3H3,(H,30,32,33)/t21-,25-/m0/s1. The summed E-state index contributed by atoms with van der Waals surface area (Å²) in [4.78, 5) is 11.3. The Morgan fingerprint density at radius 2 is 1.79 bits per heavy atom. The molecule has 6 rings (SSSR count). The largest absolute Gasteiger partial charge is 0.309 e. The smallest absolute Gasteiger partial charge is 0.228 e. The second kappa shape index (κ2) is 9.56. The summed E-state index contributed by atoms with van der Waals surface area (Å²) in [6.45, 7) is 5.63. The Kier molecular flexibility index (Phi) is 6.07. The second-order valence-electron chi connectivity index (χ2n) is 9.89. The third-order valence-electron chi connectivity index (χ3n) is 7.16. The van der Waals surface area contributed by atoms with Gasteiger partial charge in [0, 0.05) is 56.0 Å². The first-order chi connectivity index (χ1) is 18.4. The maximum absolute atomic E-state index is 14.1. The highest BCUT2D eigenvalue weighted by molar-refractivity contribution is 5.81. The average Bonchev–Trinajstić information content (AvgIpc) is 3.61. The van der Waals surface area contributed by atoms with Gasteiger partial charge in [-0.05, 0) is 49.7 Å². The minimum absolute atomic E-state index is 0.122. The van der Waals surface area contributed by atoms with Crippen molar-refractivity contribution in [2.45, 2.75) is 31.8 Å². The summed E-state index contributed by atoms with van der Waals surface area (Å²) in [5.41, 5.74) is 3.81. The van der Waals surface area contributed by atoms with Crippen molar-refractivity contribution in [1.29, 1.82) is 0 Å². The number of nitrogens with one attached hydrogen (secondary N) is 1. The Hall–Kier alpha value is -4.25. The molecule has 38 heavy (non-hydrogen) atoms. The molecule has 1 aliphatic heterocycles. The molecule has 1 fully saturated rings. The van der Waals surface area contributed by atoms with Crippen molar-refractivity contribution >= 4 is 22.8 Å². The summed E-state index contributed by atoms with van der Waals surface area (Å²) in [7, 11) is 1.84. The second-order valence-corrected chi connectivity index (χ2v) is 9.89. The van der Waals surface area contributed by atoms with Gasteiger partial charge in [-0.3, -0.25) is 9.58 Å². The number of rotatable bonds is 6. The molecule has 0 unspecified atom stereocenters. The Morgan fingerprint density at radius 1 is 0.974 bits per heavy atom. The molecule has 2 aromatic carbocycles. The van der Waals surface area contributed by atoms with Crippen LogP contribution in [0.2, 0.25) is 0 Å². The summed E-state index contributed by atoms with van der Waals surface area (Å²) in [6.07, 6.45) is 3.40. The van der Waals surface area contributed by atoms with Gasteiger partial charge in [-0.1, -0.05) is 11.3 Å². The highest BCUT2D eigenvalue weighted by Crippen LogP contribution is 2.39. The monoisotopic (exact) mass is 515 g/mol. The van der Waals surface area contributed by atoms with Gasteiger partial charge >= 0.3 is 0 Å². The number of benzene rings is 2. The molecule has 0 aliphatic carbocycles. The minimum atomic E-state index is -0.572. The van der Waals surface area contributed by atoms with Crippen molar-refractivity contribution in [3.63, 3.8) is 0 Å². The normalized spacial score (nSPS) is 18.1. The molecule has 194 valence electrons. The minimum Gasteiger partial charge on any atom is -0.309 e. The molecule has 0 radical (unpaired) electrons. The maximum Gasteiger partial charge on any atom is 0.228 e. The number of likely N-dealkylation sites (tertiary alicyclic amines) is 1. The average molecular weight is 516 g/mol. The van der Waals surface area contributed by atoms with Crippen LogP contribution in [0.5, 0.6) is 0 Å². The van der Waals surface area contributed by atoms with Gasteiger partial charge in [0.25, 0.3) is 0 Å². The van der Waals surface area contributed by atoms with Crippen LogP contribution in [0, 0.1) is 11.6 Å². The number of aromatic nitrogens is 7. The molecule has 9 nitrogen and oxygen atoms in total. The summed E-state index contributed by atoms with van der Waals surface area (Å²) in [5.74, 6) is -0.0383. The van der Waals surface area contributed by atoms with Crippen LogP contribution in [0.1, 0.15) is 31.4 Å². The predicted octanol–water partition coefficient (Wildman–Crippen LogP) is 4.69. The van der Waals surface area contributed by atoms with Crippen molar-refractivity contribution in [1.82, 2.24) is 39.6 Å². The van der Waals surface area contributed by atoms with Crippen LogP contribution in [0.25, 0.3) is 22.3 Å². The van der Waals surface area contributed by atoms with Gasteiger partial charge < -0.3 is 5.32 Å². The third-order valence-corrected chi connectivity index (χ3v) is 7.16. The molecule has 1 aliphatic rings. The molecule has 5 aromatic rings. The summed E-state index contributed by atoms with van der Waals surface area (Å²) in [5, 5.41) is 16.3. The summed E-state index contributed by atoms with van der Waals surface area (Å²) < 4.78 is 31.8. The molecule has 0 spiro atoms. The Labute approximate surface area is 218 Å². The molecule has 1 N–H and O–H groups in total. The highest BCUT2D eigenvalue weighted by atomic mass is 19.1. The third kappa shape index (κ3) is 4.49. The predicted molar refractivity (Wildman–Crippen MR) is 140 cm³/mol. The van der Waals surface area contributed by atoms with Gasteiger partial charge in [-0.25, -0.2) is 23.4 Å². The van der Waals surface area contributed by atoms with E-state index in [0.717, 1.165) is 34.2 Å². The highest BCUT2D eigenvalue weighted by Gasteiger charge is 2.38. The van der Waals surface area contributed by atoms with Crippen molar-refractivity contribution in [3.05, 3.63) is 78.1 Å². The number of hydrogen-bond acceptors (Lipinski definition) is 7. The van der Waals surface area contributed by atoms with Gasteiger partial charge in [0.1, 0.15) is 23.0 Å². The Morgan fingerprint density at radius 3 is 2.53 bits per heavy atom. The topological polar surface area (TPSA) is 89.6 Å². The summed E-state index contributed by atoms with van der Waals surface area (Å²) >= 11 is 0. The molecule has 3 aromatic heterocycles. The zero-order valence-corrected chi connectivity index (χ0v) is 21.3. The number of hydrogen-bond donors (Lipinski definition) is 1. The first-order valence-electron chi connectivity index (χ1n) is 12.5. The van der Waals surface area contributed by atoms with Gasteiger partial charge in [-0.15, -0.1) is 5.10 Å². The van der Waals surface area contributed by atoms with E-state index in [1.54, 1.807) is 17.1 Å². The van der Waals surface area contributed by atoms with Crippen molar-refractivity contribution in [2.75, 3.05) is 18.4 Å². The number of nitrogens with zero attached hydrogens (tertiary/aromatic N) is 8. The number of anilines is 2. The van der Waals surface area contributed by atoms with E-state index in [0.29, 0.717) is 24.6 Å². The molecular weight excluding hydrogens is 488 g/mol. The van der Waals surface area contributed by atoms with E-state index >= 15 is 0 Å². The van der Waals surface area contributed by atoms with Crippen LogP contribution in [-0.4, -0.2) is 58.8 Å². The lowest BCUT2D eigenvalue weighted by Gasteiger charge is -2.20. The van der Waals surface area contributed by atoms with E-state index in [4.69, 9.17) is 0 Å². The van der Waals surface area contributed by atoms with Crippen molar-refractivity contribution in [2.24, 2.45) is 7.05 Å². The van der Waals surface area contributed by atoms with E-state index in [2.05, 4.69) is 49.4 Å². The lowest BCUT2D eigenvalue weighted by molar-refractivity contribution is 0.262. The molecule has 4 heterocycles. The lowest BCUT2D eigenvalue weighted by atomic mass is 9.94. The SMILES string of the molecule is CC(C)N1C[C@@H](c2cc(F)cc(F)c2)[C@@H](n2nnc3cc(-c4ccnc(Nc5ccnn5C)n4)ccc32)C1. The number of fused-ring (bicyclic) bond motifs is 1. The quantitative estimate of drug-likeness (QED) is 0.351. The Balaban J connectivity index is 1.33. The van der Waals surface area contributed by atoms with E-state index in [-0.39, 0.29) is 18.0 Å². The van der Waals surface area contributed by atoms with E-state index in [9.17, 15) is 8.78 Å². The zero-order valence-electron chi connectivity index (χ0n) is 21.3. The van der Waals surface area contributed by atoms with Crippen LogP contribution in [-0.2, 0) is 7.05 Å². The van der Waals surface area contributed by atoms with Crippen LogP contribution in [0.15, 0.2) is 60.9 Å². The van der Waals surface area contributed by atoms with E-state index < -0.39 is 11.6 Å². The molecule has 2 atom stereocenters. The molecule has 0 amide bonds. The maximum atomic E-state index is 14.1. The molecule has 1 saturated heterocycles. The molecule has 0 bridgehead atoms. The fourth-order valence-electron chi connectivity index (χ4n) is 5.14. The van der Waals surface area contributed by atoms with Crippen LogP contribution in [0.3, 0.4) is 0 Å². The lowest BCUT2D eigenvalue weighted by Crippen LogP contribution is -2.28.